The zero-order valence-electron chi connectivity index (χ0n) is 11.5. The second kappa shape index (κ2) is 5.55. The molecule has 5 heteroatoms. The van der Waals surface area contributed by atoms with Crippen molar-refractivity contribution in [2.45, 2.75) is 6.54 Å². The molecular weight excluding hydrogens is 267 g/mol. The number of hydrogen-bond donors (Lipinski definition) is 3. The lowest BCUT2D eigenvalue weighted by Crippen LogP contribution is -2.35. The number of anilines is 1. The maximum absolute atomic E-state index is 13.0. The van der Waals surface area contributed by atoms with Gasteiger partial charge in [0.25, 0.3) is 0 Å². The van der Waals surface area contributed by atoms with E-state index >= 15 is 0 Å². The van der Waals surface area contributed by atoms with E-state index in [1.54, 1.807) is 17.1 Å². The number of para-hydroxylation sites is 1. The molecule has 0 saturated carbocycles. The van der Waals surface area contributed by atoms with Crippen molar-refractivity contribution in [1.29, 1.82) is 0 Å². The maximum Gasteiger partial charge on any atom is 0.123 e. The van der Waals surface area contributed by atoms with E-state index in [1.807, 2.05) is 24.3 Å². The summed E-state index contributed by atoms with van der Waals surface area (Å²) in [4.78, 5) is 0. The SMILES string of the molecule is N/C(=C1/CNCc2ccccc2N1N)c1ccc(F)cc1. The highest BCUT2D eigenvalue weighted by molar-refractivity contribution is 5.72. The number of benzene rings is 2. The molecule has 21 heavy (non-hydrogen) atoms. The van der Waals surface area contributed by atoms with Crippen molar-refractivity contribution in [2.24, 2.45) is 11.6 Å². The quantitative estimate of drug-likeness (QED) is 0.700. The van der Waals surface area contributed by atoms with Crippen molar-refractivity contribution >= 4 is 11.4 Å². The molecule has 2 aromatic rings. The Kier molecular flexibility index (Phi) is 3.60. The van der Waals surface area contributed by atoms with Gasteiger partial charge < -0.3 is 11.1 Å². The number of nitrogens with zero attached hydrogens (tertiary/aromatic N) is 1. The average Bonchev–Trinajstić information content (AvgIpc) is 2.67. The molecular formula is C16H17FN4. The van der Waals surface area contributed by atoms with E-state index in [0.29, 0.717) is 12.2 Å². The number of nitrogens with two attached hydrogens (primary N) is 2. The minimum Gasteiger partial charge on any atom is -0.397 e. The molecule has 0 radical (unpaired) electrons. The molecule has 0 amide bonds. The highest BCUT2D eigenvalue weighted by Crippen LogP contribution is 2.26. The standard InChI is InChI=1S/C16H17FN4/c17-13-7-5-11(6-8-13)16(18)15-10-20-9-12-3-1-2-4-14(12)21(15)19/h1-8,20H,9-10,18-19H2/b16-15-. The van der Waals surface area contributed by atoms with Crippen molar-refractivity contribution in [2.75, 3.05) is 11.6 Å². The van der Waals surface area contributed by atoms with E-state index in [1.165, 1.54) is 12.1 Å². The van der Waals surface area contributed by atoms with Crippen LogP contribution >= 0.6 is 0 Å². The van der Waals surface area contributed by atoms with Crippen LogP contribution in [0.2, 0.25) is 0 Å². The molecule has 108 valence electrons. The summed E-state index contributed by atoms with van der Waals surface area (Å²) in [5, 5.41) is 4.92. The number of hydrazine groups is 1. The molecule has 0 saturated heterocycles. The van der Waals surface area contributed by atoms with Crippen molar-refractivity contribution in [3.8, 4) is 0 Å². The van der Waals surface area contributed by atoms with Crippen LogP contribution in [0.15, 0.2) is 54.2 Å². The Morgan fingerprint density at radius 1 is 1.05 bits per heavy atom. The van der Waals surface area contributed by atoms with E-state index in [-0.39, 0.29) is 5.82 Å². The summed E-state index contributed by atoms with van der Waals surface area (Å²) >= 11 is 0. The lowest BCUT2D eigenvalue weighted by atomic mass is 10.1. The van der Waals surface area contributed by atoms with Gasteiger partial charge >= 0.3 is 0 Å². The number of hydrogen-bond acceptors (Lipinski definition) is 4. The van der Waals surface area contributed by atoms with Gasteiger partial charge in [-0.15, -0.1) is 0 Å². The third kappa shape index (κ3) is 2.61. The van der Waals surface area contributed by atoms with Gasteiger partial charge in [-0.1, -0.05) is 18.2 Å². The minimum atomic E-state index is -0.287. The monoisotopic (exact) mass is 284 g/mol. The Morgan fingerprint density at radius 3 is 2.52 bits per heavy atom. The van der Waals surface area contributed by atoms with Crippen LogP contribution in [0.1, 0.15) is 11.1 Å². The van der Waals surface area contributed by atoms with E-state index in [2.05, 4.69) is 5.32 Å². The Labute approximate surface area is 122 Å². The first-order chi connectivity index (χ1) is 10.2. The van der Waals surface area contributed by atoms with Crippen LogP contribution in [-0.2, 0) is 6.54 Å². The Hall–Kier alpha value is -2.37. The number of nitrogens with one attached hydrogen (secondary N) is 1. The van der Waals surface area contributed by atoms with Crippen LogP contribution < -0.4 is 21.9 Å². The largest absolute Gasteiger partial charge is 0.397 e. The lowest BCUT2D eigenvalue weighted by Gasteiger charge is -2.23. The molecule has 0 bridgehead atoms. The number of halogens is 1. The van der Waals surface area contributed by atoms with Crippen molar-refractivity contribution in [1.82, 2.24) is 5.32 Å². The molecule has 3 rings (SSSR count). The number of rotatable bonds is 1. The summed E-state index contributed by atoms with van der Waals surface area (Å²) in [6, 6.07) is 14.0. The highest BCUT2D eigenvalue weighted by Gasteiger charge is 2.19. The van der Waals surface area contributed by atoms with Crippen LogP contribution in [0.3, 0.4) is 0 Å². The molecule has 0 fully saturated rings. The molecule has 4 nitrogen and oxygen atoms in total. The Bertz CT molecular complexity index is 679. The van der Waals surface area contributed by atoms with E-state index in [9.17, 15) is 4.39 Å². The van der Waals surface area contributed by atoms with Crippen molar-refractivity contribution in [3.63, 3.8) is 0 Å². The molecule has 1 aliphatic heterocycles. The highest BCUT2D eigenvalue weighted by atomic mass is 19.1. The van der Waals surface area contributed by atoms with Gasteiger partial charge in [-0.25, -0.2) is 10.2 Å². The normalized spacial score (nSPS) is 17.1. The van der Waals surface area contributed by atoms with Gasteiger partial charge in [0, 0.05) is 13.1 Å². The van der Waals surface area contributed by atoms with Gasteiger partial charge in [-0.3, -0.25) is 5.01 Å². The molecule has 0 aromatic heterocycles. The summed E-state index contributed by atoms with van der Waals surface area (Å²) in [7, 11) is 0. The smallest absolute Gasteiger partial charge is 0.123 e. The predicted octanol–water partition coefficient (Wildman–Crippen LogP) is 1.94. The van der Waals surface area contributed by atoms with E-state index in [0.717, 1.165) is 29.1 Å². The fourth-order valence-electron chi connectivity index (χ4n) is 2.46. The zero-order valence-corrected chi connectivity index (χ0v) is 11.5. The topological polar surface area (TPSA) is 67.3 Å². The van der Waals surface area contributed by atoms with Gasteiger partial charge in [-0.2, -0.15) is 0 Å². The summed E-state index contributed by atoms with van der Waals surface area (Å²) in [5.41, 5.74) is 10.3. The molecule has 2 aromatic carbocycles. The Balaban J connectivity index is 2.05. The van der Waals surface area contributed by atoms with Gasteiger partial charge in [0.05, 0.1) is 17.1 Å². The molecule has 5 N–H and O–H groups in total. The number of fused-ring (bicyclic) bond motifs is 1. The second-order valence-corrected chi connectivity index (χ2v) is 4.97. The predicted molar refractivity (Wildman–Crippen MR) is 82.3 cm³/mol. The fourth-order valence-corrected chi connectivity index (χ4v) is 2.46. The fraction of sp³-hybridized carbons (Fsp3) is 0.125. The second-order valence-electron chi connectivity index (χ2n) is 4.97. The van der Waals surface area contributed by atoms with Gasteiger partial charge in [-0.05, 0) is 41.5 Å². The van der Waals surface area contributed by atoms with Crippen molar-refractivity contribution in [3.05, 3.63) is 71.2 Å². The van der Waals surface area contributed by atoms with Crippen LogP contribution in [-0.4, -0.2) is 6.54 Å². The Morgan fingerprint density at radius 2 is 1.76 bits per heavy atom. The molecule has 0 aliphatic carbocycles. The first kappa shape index (κ1) is 13.6. The third-order valence-corrected chi connectivity index (χ3v) is 3.62. The molecule has 0 unspecified atom stereocenters. The maximum atomic E-state index is 13.0. The third-order valence-electron chi connectivity index (χ3n) is 3.62. The molecule has 0 spiro atoms. The summed E-state index contributed by atoms with van der Waals surface area (Å²) in [6.07, 6.45) is 0. The van der Waals surface area contributed by atoms with Gasteiger partial charge in [0.15, 0.2) is 0 Å². The van der Waals surface area contributed by atoms with Crippen LogP contribution in [0.5, 0.6) is 0 Å². The lowest BCUT2D eigenvalue weighted by molar-refractivity contribution is 0.627. The van der Waals surface area contributed by atoms with Gasteiger partial charge in [0.2, 0.25) is 0 Å². The van der Waals surface area contributed by atoms with E-state index in [4.69, 9.17) is 11.6 Å². The van der Waals surface area contributed by atoms with Gasteiger partial charge in [0.1, 0.15) is 5.82 Å². The molecule has 1 heterocycles. The van der Waals surface area contributed by atoms with Crippen LogP contribution in [0.25, 0.3) is 5.70 Å². The first-order valence-corrected chi connectivity index (χ1v) is 6.75. The first-order valence-electron chi connectivity index (χ1n) is 6.75. The van der Waals surface area contributed by atoms with E-state index < -0.39 is 0 Å². The van der Waals surface area contributed by atoms with Crippen LogP contribution in [0, 0.1) is 5.82 Å². The summed E-state index contributed by atoms with van der Waals surface area (Å²) in [6.45, 7) is 1.28. The summed E-state index contributed by atoms with van der Waals surface area (Å²) < 4.78 is 13.0. The van der Waals surface area contributed by atoms with Crippen molar-refractivity contribution < 1.29 is 4.39 Å². The summed E-state index contributed by atoms with van der Waals surface area (Å²) in [5.74, 6) is 5.95. The molecule has 1 aliphatic rings. The minimum absolute atomic E-state index is 0.287. The average molecular weight is 284 g/mol. The molecule has 0 atom stereocenters. The zero-order chi connectivity index (χ0) is 14.8. The van der Waals surface area contributed by atoms with Crippen LogP contribution in [0.4, 0.5) is 10.1 Å².